The van der Waals surface area contributed by atoms with Crippen molar-refractivity contribution in [2.75, 3.05) is 13.7 Å². The minimum Gasteiger partial charge on any atom is -0.481 e. The number of ether oxygens (including phenoxy) is 2. The van der Waals surface area contributed by atoms with Gasteiger partial charge in [-0.3, -0.25) is 0 Å². The molecule has 0 N–H and O–H groups in total. The van der Waals surface area contributed by atoms with Gasteiger partial charge in [-0.15, -0.1) is 5.10 Å². The standard InChI is InChI=1S/C12H15N3O2/c1-3-4-7-17-12-11-9(8-13-15-12)5-6-10(14-11)16-2/h5-6,8H,3-4,7H2,1-2H3. The molecule has 0 saturated heterocycles. The van der Waals surface area contributed by atoms with Crippen molar-refractivity contribution in [3.05, 3.63) is 18.3 Å². The number of rotatable bonds is 5. The van der Waals surface area contributed by atoms with E-state index in [2.05, 4.69) is 22.1 Å². The van der Waals surface area contributed by atoms with E-state index in [4.69, 9.17) is 9.47 Å². The Morgan fingerprint density at radius 2 is 2.18 bits per heavy atom. The van der Waals surface area contributed by atoms with E-state index in [9.17, 15) is 0 Å². The fourth-order valence-corrected chi connectivity index (χ4v) is 1.44. The van der Waals surface area contributed by atoms with Gasteiger partial charge in [0.1, 0.15) is 5.52 Å². The number of hydrogen-bond donors (Lipinski definition) is 0. The molecule has 0 spiro atoms. The molecule has 17 heavy (non-hydrogen) atoms. The third-order valence-electron chi connectivity index (χ3n) is 2.39. The molecule has 90 valence electrons. The lowest BCUT2D eigenvalue weighted by atomic mass is 10.3. The summed E-state index contributed by atoms with van der Waals surface area (Å²) in [5, 5.41) is 8.75. The van der Waals surface area contributed by atoms with E-state index in [0.29, 0.717) is 23.9 Å². The van der Waals surface area contributed by atoms with Crippen LogP contribution in [-0.4, -0.2) is 28.9 Å². The van der Waals surface area contributed by atoms with Gasteiger partial charge in [-0.2, -0.15) is 5.10 Å². The molecule has 2 aromatic rings. The van der Waals surface area contributed by atoms with Gasteiger partial charge in [0.2, 0.25) is 5.88 Å². The zero-order valence-corrected chi connectivity index (χ0v) is 10.0. The van der Waals surface area contributed by atoms with Crippen LogP contribution in [0.15, 0.2) is 18.3 Å². The molecule has 0 atom stereocenters. The van der Waals surface area contributed by atoms with Gasteiger partial charge in [0.25, 0.3) is 5.88 Å². The Morgan fingerprint density at radius 1 is 1.29 bits per heavy atom. The highest BCUT2D eigenvalue weighted by Crippen LogP contribution is 2.22. The first-order valence-corrected chi connectivity index (χ1v) is 5.64. The summed E-state index contributed by atoms with van der Waals surface area (Å²) in [4.78, 5) is 4.32. The SMILES string of the molecule is CCCCOc1nncc2ccc(OC)nc12. The van der Waals surface area contributed by atoms with Gasteiger partial charge >= 0.3 is 0 Å². The lowest BCUT2D eigenvalue weighted by molar-refractivity contribution is 0.297. The van der Waals surface area contributed by atoms with Crippen LogP contribution in [0.2, 0.25) is 0 Å². The number of unbranched alkanes of at least 4 members (excludes halogenated alkanes) is 1. The molecule has 0 radical (unpaired) electrons. The molecule has 0 aliphatic rings. The van der Waals surface area contributed by atoms with Gasteiger partial charge in [0.15, 0.2) is 0 Å². The van der Waals surface area contributed by atoms with Crippen molar-refractivity contribution in [3.63, 3.8) is 0 Å². The topological polar surface area (TPSA) is 57.1 Å². The van der Waals surface area contributed by atoms with Gasteiger partial charge < -0.3 is 9.47 Å². The Morgan fingerprint density at radius 3 is 2.94 bits per heavy atom. The third-order valence-corrected chi connectivity index (χ3v) is 2.39. The monoisotopic (exact) mass is 233 g/mol. The molecule has 0 bridgehead atoms. The molecule has 2 heterocycles. The van der Waals surface area contributed by atoms with E-state index in [0.717, 1.165) is 18.2 Å². The van der Waals surface area contributed by atoms with Gasteiger partial charge in [0, 0.05) is 11.5 Å². The van der Waals surface area contributed by atoms with E-state index < -0.39 is 0 Å². The van der Waals surface area contributed by atoms with Crippen LogP contribution in [0.25, 0.3) is 10.9 Å². The van der Waals surface area contributed by atoms with Crippen LogP contribution in [0.1, 0.15) is 19.8 Å². The second-order valence-electron chi connectivity index (χ2n) is 3.64. The highest BCUT2D eigenvalue weighted by molar-refractivity contribution is 5.82. The molecule has 0 aliphatic heterocycles. The van der Waals surface area contributed by atoms with Crippen molar-refractivity contribution < 1.29 is 9.47 Å². The summed E-state index contributed by atoms with van der Waals surface area (Å²) in [6, 6.07) is 3.68. The summed E-state index contributed by atoms with van der Waals surface area (Å²) in [5.74, 6) is 1.01. The van der Waals surface area contributed by atoms with Crippen LogP contribution in [0.4, 0.5) is 0 Å². The Labute approximate surface area is 99.8 Å². The highest BCUT2D eigenvalue weighted by Gasteiger charge is 2.07. The fourth-order valence-electron chi connectivity index (χ4n) is 1.44. The van der Waals surface area contributed by atoms with E-state index in [1.165, 1.54) is 0 Å². The normalized spacial score (nSPS) is 10.5. The minimum atomic E-state index is 0.467. The molecule has 0 aliphatic carbocycles. The average Bonchev–Trinajstić information content (AvgIpc) is 2.39. The summed E-state index contributed by atoms with van der Waals surface area (Å²) >= 11 is 0. The zero-order chi connectivity index (χ0) is 12.1. The Hall–Kier alpha value is -1.91. The summed E-state index contributed by atoms with van der Waals surface area (Å²) in [7, 11) is 1.58. The number of fused-ring (bicyclic) bond motifs is 1. The Bertz CT molecular complexity index is 502. The molecule has 0 fully saturated rings. The van der Waals surface area contributed by atoms with Crippen LogP contribution < -0.4 is 9.47 Å². The summed E-state index contributed by atoms with van der Waals surface area (Å²) < 4.78 is 10.7. The van der Waals surface area contributed by atoms with Crippen LogP contribution in [0.5, 0.6) is 11.8 Å². The Kier molecular flexibility index (Phi) is 3.69. The molecular weight excluding hydrogens is 218 g/mol. The second-order valence-corrected chi connectivity index (χ2v) is 3.64. The third kappa shape index (κ3) is 2.61. The molecule has 2 rings (SSSR count). The van der Waals surface area contributed by atoms with E-state index >= 15 is 0 Å². The molecule has 0 amide bonds. The van der Waals surface area contributed by atoms with E-state index in [1.807, 2.05) is 6.07 Å². The summed E-state index contributed by atoms with van der Waals surface area (Å²) in [5.41, 5.74) is 0.690. The van der Waals surface area contributed by atoms with Crippen molar-refractivity contribution in [2.24, 2.45) is 0 Å². The second kappa shape index (κ2) is 5.43. The van der Waals surface area contributed by atoms with Crippen molar-refractivity contribution in [1.29, 1.82) is 0 Å². The quantitative estimate of drug-likeness (QED) is 0.741. The molecular formula is C12H15N3O2. The zero-order valence-electron chi connectivity index (χ0n) is 10.0. The first-order chi connectivity index (χ1) is 8.35. The van der Waals surface area contributed by atoms with Crippen LogP contribution in [0.3, 0.4) is 0 Å². The van der Waals surface area contributed by atoms with E-state index in [-0.39, 0.29) is 0 Å². The van der Waals surface area contributed by atoms with Gasteiger partial charge in [-0.1, -0.05) is 13.3 Å². The summed E-state index contributed by atoms with van der Waals surface area (Å²) in [6.45, 7) is 2.74. The maximum absolute atomic E-state index is 5.57. The number of nitrogens with zero attached hydrogens (tertiary/aromatic N) is 3. The molecule has 5 heteroatoms. The van der Waals surface area contributed by atoms with Crippen molar-refractivity contribution >= 4 is 10.9 Å². The maximum Gasteiger partial charge on any atom is 0.260 e. The van der Waals surface area contributed by atoms with E-state index in [1.54, 1.807) is 19.4 Å². The van der Waals surface area contributed by atoms with Crippen molar-refractivity contribution in [1.82, 2.24) is 15.2 Å². The number of pyridine rings is 1. The molecule has 0 aromatic carbocycles. The number of hydrogen-bond acceptors (Lipinski definition) is 5. The lowest BCUT2D eigenvalue weighted by Crippen LogP contribution is -2.01. The number of methoxy groups -OCH3 is 1. The van der Waals surface area contributed by atoms with Crippen molar-refractivity contribution in [2.45, 2.75) is 19.8 Å². The van der Waals surface area contributed by atoms with Crippen LogP contribution in [-0.2, 0) is 0 Å². The largest absolute Gasteiger partial charge is 0.481 e. The summed E-state index contributed by atoms with van der Waals surface area (Å²) in [6.07, 6.45) is 3.73. The first-order valence-electron chi connectivity index (χ1n) is 5.64. The van der Waals surface area contributed by atoms with Gasteiger partial charge in [-0.25, -0.2) is 4.98 Å². The maximum atomic E-state index is 5.57. The van der Waals surface area contributed by atoms with Gasteiger partial charge in [-0.05, 0) is 12.5 Å². The predicted octanol–water partition coefficient (Wildman–Crippen LogP) is 2.21. The van der Waals surface area contributed by atoms with Crippen LogP contribution in [0, 0.1) is 0 Å². The smallest absolute Gasteiger partial charge is 0.260 e. The number of aromatic nitrogens is 3. The molecule has 0 saturated carbocycles. The molecule has 2 aromatic heterocycles. The lowest BCUT2D eigenvalue weighted by Gasteiger charge is -2.06. The Balaban J connectivity index is 2.33. The van der Waals surface area contributed by atoms with Crippen LogP contribution >= 0.6 is 0 Å². The molecule has 0 unspecified atom stereocenters. The first kappa shape index (κ1) is 11.6. The predicted molar refractivity (Wildman–Crippen MR) is 64.3 cm³/mol. The fraction of sp³-hybridized carbons (Fsp3) is 0.417. The average molecular weight is 233 g/mol. The minimum absolute atomic E-state index is 0.467. The highest BCUT2D eigenvalue weighted by atomic mass is 16.5. The molecule has 5 nitrogen and oxygen atoms in total. The van der Waals surface area contributed by atoms with Crippen molar-refractivity contribution in [3.8, 4) is 11.8 Å². The van der Waals surface area contributed by atoms with Gasteiger partial charge in [0.05, 0.1) is 19.9 Å².